The maximum atomic E-state index is 5.92. The van der Waals surface area contributed by atoms with E-state index in [1.807, 2.05) is 0 Å². The summed E-state index contributed by atoms with van der Waals surface area (Å²) in [7, 11) is 0. The van der Waals surface area contributed by atoms with Crippen LogP contribution in [0.15, 0.2) is 16.9 Å². The Balaban J connectivity index is 2.41. The van der Waals surface area contributed by atoms with Crippen LogP contribution in [0.5, 0.6) is 0 Å². The molecular weight excluding hydrogens is 152 g/mol. The van der Waals surface area contributed by atoms with E-state index in [1.54, 1.807) is 12.5 Å². The zero-order valence-electron chi connectivity index (χ0n) is 7.66. The highest BCUT2D eigenvalue weighted by atomic mass is 16.3. The normalized spacial score (nSPS) is 15.9. The fraction of sp³-hybridized carbons (Fsp3) is 0.667. The van der Waals surface area contributed by atoms with Crippen molar-refractivity contribution in [3.63, 3.8) is 0 Å². The predicted molar refractivity (Wildman–Crippen MR) is 47.6 cm³/mol. The van der Waals surface area contributed by atoms with Crippen LogP contribution in [0.3, 0.4) is 0 Å². The lowest BCUT2D eigenvalue weighted by atomic mass is 9.97. The summed E-state index contributed by atoms with van der Waals surface area (Å²) in [5.41, 5.74) is 5.92. The van der Waals surface area contributed by atoms with Crippen LogP contribution < -0.4 is 5.73 Å². The maximum Gasteiger partial charge on any atom is 0.195 e. The van der Waals surface area contributed by atoms with E-state index >= 15 is 0 Å². The monoisotopic (exact) mass is 168 g/mol. The third-order valence-corrected chi connectivity index (χ3v) is 2.27. The molecule has 2 N–H and O–H groups in total. The number of hydrogen-bond donors (Lipinski definition) is 1. The summed E-state index contributed by atoms with van der Waals surface area (Å²) in [5.74, 6) is 1.26. The fourth-order valence-electron chi connectivity index (χ4n) is 1.06. The second kappa shape index (κ2) is 4.26. The van der Waals surface area contributed by atoms with Crippen molar-refractivity contribution < 1.29 is 4.42 Å². The molecule has 2 unspecified atom stereocenters. The molecule has 2 atom stereocenters. The SMILES string of the molecule is CCC(C)C(N)Cc1ncco1. The number of hydrogen-bond acceptors (Lipinski definition) is 3. The topological polar surface area (TPSA) is 52.0 Å². The molecule has 0 amide bonds. The summed E-state index contributed by atoms with van der Waals surface area (Å²) in [6.45, 7) is 4.29. The Morgan fingerprint density at radius 2 is 2.42 bits per heavy atom. The van der Waals surface area contributed by atoms with Crippen LogP contribution in [0.2, 0.25) is 0 Å². The molecule has 0 bridgehead atoms. The van der Waals surface area contributed by atoms with Gasteiger partial charge >= 0.3 is 0 Å². The van der Waals surface area contributed by atoms with E-state index in [9.17, 15) is 0 Å². The first-order chi connectivity index (χ1) is 5.74. The average molecular weight is 168 g/mol. The molecule has 0 aliphatic rings. The molecule has 1 aromatic heterocycles. The smallest absolute Gasteiger partial charge is 0.195 e. The van der Waals surface area contributed by atoms with Crippen LogP contribution in [-0.4, -0.2) is 11.0 Å². The summed E-state index contributed by atoms with van der Waals surface area (Å²) < 4.78 is 5.11. The molecule has 0 radical (unpaired) electrons. The number of oxazole rings is 1. The first kappa shape index (κ1) is 9.26. The highest BCUT2D eigenvalue weighted by Crippen LogP contribution is 2.09. The lowest BCUT2D eigenvalue weighted by Crippen LogP contribution is -2.30. The van der Waals surface area contributed by atoms with E-state index < -0.39 is 0 Å². The second-order valence-corrected chi connectivity index (χ2v) is 3.18. The van der Waals surface area contributed by atoms with Crippen molar-refractivity contribution in [3.05, 3.63) is 18.4 Å². The maximum absolute atomic E-state index is 5.92. The lowest BCUT2D eigenvalue weighted by molar-refractivity contribution is 0.395. The van der Waals surface area contributed by atoms with Gasteiger partial charge in [0.25, 0.3) is 0 Å². The van der Waals surface area contributed by atoms with E-state index in [2.05, 4.69) is 18.8 Å². The predicted octanol–water partition coefficient (Wildman–Crippen LogP) is 1.59. The number of nitrogens with zero attached hydrogens (tertiary/aromatic N) is 1. The molecule has 1 heterocycles. The summed E-state index contributed by atoms with van der Waals surface area (Å²) in [6, 6.07) is 0.161. The first-order valence-electron chi connectivity index (χ1n) is 4.38. The van der Waals surface area contributed by atoms with E-state index in [4.69, 9.17) is 10.2 Å². The Kier molecular flexibility index (Phi) is 3.29. The van der Waals surface area contributed by atoms with Crippen LogP contribution >= 0.6 is 0 Å². The third kappa shape index (κ3) is 2.34. The van der Waals surface area contributed by atoms with Gasteiger partial charge in [-0.2, -0.15) is 0 Å². The van der Waals surface area contributed by atoms with Gasteiger partial charge in [0.05, 0.1) is 6.20 Å². The van der Waals surface area contributed by atoms with Gasteiger partial charge in [-0.1, -0.05) is 20.3 Å². The van der Waals surface area contributed by atoms with Crippen molar-refractivity contribution in [2.24, 2.45) is 11.7 Å². The van der Waals surface area contributed by atoms with Crippen molar-refractivity contribution in [2.45, 2.75) is 32.7 Å². The highest BCUT2D eigenvalue weighted by Gasteiger charge is 2.13. The van der Waals surface area contributed by atoms with Crippen molar-refractivity contribution in [1.82, 2.24) is 4.98 Å². The molecule has 0 spiro atoms. The first-order valence-corrected chi connectivity index (χ1v) is 4.38. The van der Waals surface area contributed by atoms with Gasteiger partial charge in [-0.05, 0) is 5.92 Å². The fourth-order valence-corrected chi connectivity index (χ4v) is 1.06. The van der Waals surface area contributed by atoms with Crippen LogP contribution in [-0.2, 0) is 6.42 Å². The molecule has 0 saturated carbocycles. The van der Waals surface area contributed by atoms with Gasteiger partial charge < -0.3 is 10.2 Å². The number of nitrogens with two attached hydrogens (primary N) is 1. The second-order valence-electron chi connectivity index (χ2n) is 3.18. The standard InChI is InChI=1S/C9H16N2O/c1-3-7(2)8(10)6-9-11-4-5-12-9/h4-5,7-8H,3,6,10H2,1-2H3. The van der Waals surface area contributed by atoms with Crippen LogP contribution in [0.1, 0.15) is 26.2 Å². The molecule has 3 nitrogen and oxygen atoms in total. The van der Waals surface area contributed by atoms with Crippen LogP contribution in [0, 0.1) is 5.92 Å². The van der Waals surface area contributed by atoms with Crippen molar-refractivity contribution in [1.29, 1.82) is 0 Å². The summed E-state index contributed by atoms with van der Waals surface area (Å²) in [6.07, 6.45) is 5.07. The van der Waals surface area contributed by atoms with Gasteiger partial charge in [-0.3, -0.25) is 0 Å². The Morgan fingerprint density at radius 3 is 2.92 bits per heavy atom. The largest absolute Gasteiger partial charge is 0.449 e. The molecule has 0 aromatic carbocycles. The number of aromatic nitrogens is 1. The van der Waals surface area contributed by atoms with E-state index in [1.165, 1.54) is 0 Å². The Hall–Kier alpha value is -0.830. The van der Waals surface area contributed by atoms with Crippen LogP contribution in [0.25, 0.3) is 0 Å². The summed E-state index contributed by atoms with van der Waals surface area (Å²) >= 11 is 0. The van der Waals surface area contributed by atoms with Crippen LogP contribution in [0.4, 0.5) is 0 Å². The zero-order chi connectivity index (χ0) is 8.97. The third-order valence-electron chi connectivity index (χ3n) is 2.27. The van der Waals surface area contributed by atoms with Crippen molar-refractivity contribution in [3.8, 4) is 0 Å². The van der Waals surface area contributed by atoms with Gasteiger partial charge in [0.15, 0.2) is 5.89 Å². The molecular formula is C9H16N2O. The van der Waals surface area contributed by atoms with Crippen molar-refractivity contribution >= 4 is 0 Å². The quantitative estimate of drug-likeness (QED) is 0.742. The molecule has 12 heavy (non-hydrogen) atoms. The minimum Gasteiger partial charge on any atom is -0.449 e. The summed E-state index contributed by atoms with van der Waals surface area (Å²) in [4.78, 5) is 4.03. The molecule has 3 heteroatoms. The molecule has 0 fully saturated rings. The Labute approximate surface area is 73.0 Å². The Bertz CT molecular complexity index is 208. The van der Waals surface area contributed by atoms with Gasteiger partial charge in [-0.25, -0.2) is 4.98 Å². The summed E-state index contributed by atoms with van der Waals surface area (Å²) in [5, 5.41) is 0. The van der Waals surface area contributed by atoms with Gasteiger partial charge in [0.2, 0.25) is 0 Å². The number of rotatable bonds is 4. The molecule has 0 aliphatic carbocycles. The molecule has 1 aromatic rings. The molecule has 1 rings (SSSR count). The van der Waals surface area contributed by atoms with Gasteiger partial charge in [-0.15, -0.1) is 0 Å². The molecule has 68 valence electrons. The Morgan fingerprint density at radius 1 is 1.67 bits per heavy atom. The van der Waals surface area contributed by atoms with E-state index in [0.29, 0.717) is 5.92 Å². The molecule has 0 saturated heterocycles. The minimum atomic E-state index is 0.161. The minimum absolute atomic E-state index is 0.161. The average Bonchev–Trinajstić information content (AvgIpc) is 2.55. The van der Waals surface area contributed by atoms with Gasteiger partial charge in [0, 0.05) is 12.5 Å². The lowest BCUT2D eigenvalue weighted by Gasteiger charge is -2.15. The molecule has 0 aliphatic heterocycles. The van der Waals surface area contributed by atoms with E-state index in [-0.39, 0.29) is 6.04 Å². The highest BCUT2D eigenvalue weighted by molar-refractivity contribution is 4.85. The van der Waals surface area contributed by atoms with Gasteiger partial charge in [0.1, 0.15) is 6.26 Å². The van der Waals surface area contributed by atoms with Crippen molar-refractivity contribution in [2.75, 3.05) is 0 Å². The zero-order valence-corrected chi connectivity index (χ0v) is 7.66. The van der Waals surface area contributed by atoms with E-state index in [0.717, 1.165) is 18.7 Å².